The number of hydrogen-bond acceptors (Lipinski definition) is 2. The Balaban J connectivity index is 2.36. The van der Waals surface area contributed by atoms with E-state index in [-0.39, 0.29) is 11.5 Å². The molecule has 17 heavy (non-hydrogen) atoms. The average molecular weight is 242 g/mol. The van der Waals surface area contributed by atoms with Crippen LogP contribution in [0.25, 0.3) is 0 Å². The average Bonchev–Trinajstić information content (AvgIpc) is 3.11. The number of alkyl halides is 2. The molecule has 1 aliphatic carbocycles. The molecule has 0 radical (unpaired) electrons. The van der Waals surface area contributed by atoms with Crippen LogP contribution in [0.4, 0.5) is 8.78 Å². The first-order chi connectivity index (χ1) is 7.94. The molecule has 1 unspecified atom stereocenters. The summed E-state index contributed by atoms with van der Waals surface area (Å²) >= 11 is 0. The van der Waals surface area contributed by atoms with Gasteiger partial charge in [0.1, 0.15) is 0 Å². The topological polar surface area (TPSA) is 57.5 Å². The van der Waals surface area contributed by atoms with E-state index in [4.69, 9.17) is 5.11 Å². The van der Waals surface area contributed by atoms with E-state index in [1.54, 1.807) is 12.1 Å². The van der Waals surface area contributed by atoms with Crippen molar-refractivity contribution < 1.29 is 23.8 Å². The Morgan fingerprint density at radius 3 is 2.47 bits per heavy atom. The monoisotopic (exact) mass is 242 g/mol. The van der Waals surface area contributed by atoms with E-state index in [9.17, 15) is 18.7 Å². The van der Waals surface area contributed by atoms with Crippen LogP contribution in [0.1, 0.15) is 36.0 Å². The highest BCUT2D eigenvalue weighted by Gasteiger charge is 2.49. The van der Waals surface area contributed by atoms with Gasteiger partial charge in [-0.2, -0.15) is 8.78 Å². The minimum atomic E-state index is -4.16. The van der Waals surface area contributed by atoms with Crippen molar-refractivity contribution in [1.82, 2.24) is 0 Å². The Hall–Kier alpha value is -1.49. The zero-order valence-corrected chi connectivity index (χ0v) is 8.94. The van der Waals surface area contributed by atoms with Gasteiger partial charge >= 0.3 is 11.9 Å². The fraction of sp³-hybridized carbons (Fsp3) is 0.417. The molecular formula is C12H12F2O3. The van der Waals surface area contributed by atoms with Gasteiger partial charge in [0, 0.05) is 0 Å². The number of carboxylic acids is 1. The lowest BCUT2D eigenvalue weighted by Crippen LogP contribution is -2.35. The number of hydrogen-bond donors (Lipinski definition) is 2. The zero-order chi connectivity index (χ0) is 12.6. The van der Waals surface area contributed by atoms with Gasteiger partial charge in [-0.25, -0.2) is 4.79 Å². The first-order valence-electron chi connectivity index (χ1n) is 5.32. The molecule has 0 saturated heterocycles. The van der Waals surface area contributed by atoms with Gasteiger partial charge in [-0.3, -0.25) is 0 Å². The highest BCUT2D eigenvalue weighted by molar-refractivity contribution is 5.76. The van der Waals surface area contributed by atoms with Crippen molar-refractivity contribution in [3.8, 4) is 0 Å². The highest BCUT2D eigenvalue weighted by atomic mass is 19.3. The maximum Gasteiger partial charge on any atom is 0.377 e. The van der Waals surface area contributed by atoms with E-state index < -0.39 is 18.0 Å². The summed E-state index contributed by atoms with van der Waals surface area (Å²) in [6.45, 7) is 0. The molecule has 0 bridgehead atoms. The van der Waals surface area contributed by atoms with Crippen molar-refractivity contribution in [2.45, 2.75) is 30.8 Å². The maximum absolute atomic E-state index is 13.2. The maximum atomic E-state index is 13.2. The quantitative estimate of drug-likeness (QED) is 0.851. The molecule has 1 aromatic carbocycles. The highest BCUT2D eigenvalue weighted by Crippen LogP contribution is 2.45. The van der Waals surface area contributed by atoms with E-state index in [0.29, 0.717) is 5.56 Å². The molecule has 1 aliphatic rings. The number of rotatable bonds is 4. The van der Waals surface area contributed by atoms with Crippen molar-refractivity contribution in [1.29, 1.82) is 0 Å². The molecule has 3 nitrogen and oxygen atoms in total. The second kappa shape index (κ2) is 4.07. The minimum absolute atomic E-state index is 0.0161. The lowest BCUT2D eigenvalue weighted by atomic mass is 9.95. The molecular weight excluding hydrogens is 230 g/mol. The van der Waals surface area contributed by atoms with Gasteiger partial charge < -0.3 is 10.2 Å². The molecule has 0 aromatic heterocycles. The Morgan fingerprint density at radius 1 is 1.35 bits per heavy atom. The third-order valence-corrected chi connectivity index (χ3v) is 2.94. The second-order valence-corrected chi connectivity index (χ2v) is 4.23. The SMILES string of the molecule is O=C(O)C(F)(F)C(O)c1ccccc1C1CC1. The van der Waals surface area contributed by atoms with Crippen LogP contribution in [-0.2, 0) is 4.79 Å². The minimum Gasteiger partial charge on any atom is -0.477 e. The third-order valence-electron chi connectivity index (χ3n) is 2.94. The number of aliphatic carboxylic acids is 1. The van der Waals surface area contributed by atoms with E-state index in [1.807, 2.05) is 0 Å². The largest absolute Gasteiger partial charge is 0.477 e. The van der Waals surface area contributed by atoms with Crippen LogP contribution in [0.2, 0.25) is 0 Å². The summed E-state index contributed by atoms with van der Waals surface area (Å²) < 4.78 is 26.5. The van der Waals surface area contributed by atoms with E-state index in [0.717, 1.165) is 12.8 Å². The summed E-state index contributed by atoms with van der Waals surface area (Å²) in [7, 11) is 0. The predicted octanol–water partition coefficient (Wildman–Crippen LogP) is 2.32. The smallest absolute Gasteiger partial charge is 0.377 e. The molecule has 1 atom stereocenters. The number of halogens is 2. The van der Waals surface area contributed by atoms with Gasteiger partial charge in [0.25, 0.3) is 0 Å². The number of aliphatic hydroxyl groups is 1. The van der Waals surface area contributed by atoms with Crippen molar-refractivity contribution in [2.24, 2.45) is 0 Å². The summed E-state index contributed by atoms with van der Waals surface area (Å²) in [5.74, 6) is -6.30. The van der Waals surface area contributed by atoms with Crippen LogP contribution in [0.5, 0.6) is 0 Å². The molecule has 2 N–H and O–H groups in total. The molecule has 2 rings (SSSR count). The second-order valence-electron chi connectivity index (χ2n) is 4.23. The first kappa shape index (κ1) is 12.0. The van der Waals surface area contributed by atoms with Crippen LogP contribution in [0.3, 0.4) is 0 Å². The molecule has 92 valence electrons. The zero-order valence-electron chi connectivity index (χ0n) is 8.94. The molecule has 0 amide bonds. The van der Waals surface area contributed by atoms with Gasteiger partial charge in [-0.05, 0) is 29.9 Å². The molecule has 0 heterocycles. The van der Waals surface area contributed by atoms with Crippen LogP contribution >= 0.6 is 0 Å². The van der Waals surface area contributed by atoms with E-state index in [2.05, 4.69) is 0 Å². The van der Waals surface area contributed by atoms with Gasteiger partial charge in [0.2, 0.25) is 0 Å². The van der Waals surface area contributed by atoms with Crippen LogP contribution in [0, 0.1) is 0 Å². The normalized spacial score (nSPS) is 17.8. The summed E-state index contributed by atoms with van der Waals surface area (Å²) in [5.41, 5.74) is 0.642. The third kappa shape index (κ3) is 2.15. The molecule has 1 fully saturated rings. The number of carboxylic acid groups (broad SMARTS) is 1. The summed E-state index contributed by atoms with van der Waals surface area (Å²) in [4.78, 5) is 10.4. The lowest BCUT2D eigenvalue weighted by Gasteiger charge is -2.21. The van der Waals surface area contributed by atoms with Gasteiger partial charge in [-0.15, -0.1) is 0 Å². The van der Waals surface area contributed by atoms with Gasteiger partial charge in [0.05, 0.1) is 0 Å². The summed E-state index contributed by atoms with van der Waals surface area (Å²) in [6, 6.07) is 6.23. The van der Waals surface area contributed by atoms with Crippen molar-refractivity contribution in [3.63, 3.8) is 0 Å². The standard InChI is InChI=1S/C12H12F2O3/c13-12(14,11(16)17)10(15)9-4-2-1-3-8(9)7-5-6-7/h1-4,7,10,15H,5-6H2,(H,16,17). The Morgan fingerprint density at radius 2 is 1.94 bits per heavy atom. The van der Waals surface area contributed by atoms with Crippen molar-refractivity contribution >= 4 is 5.97 Å². The Labute approximate surface area is 96.7 Å². The summed E-state index contributed by atoms with van der Waals surface area (Å²) in [5, 5.41) is 18.0. The molecule has 1 aromatic rings. The van der Waals surface area contributed by atoms with E-state index in [1.165, 1.54) is 12.1 Å². The molecule has 0 spiro atoms. The van der Waals surface area contributed by atoms with Crippen molar-refractivity contribution in [3.05, 3.63) is 35.4 Å². The van der Waals surface area contributed by atoms with Crippen LogP contribution in [0.15, 0.2) is 24.3 Å². The number of aliphatic hydroxyl groups excluding tert-OH is 1. The Kier molecular flexibility index (Phi) is 2.87. The fourth-order valence-corrected chi connectivity index (χ4v) is 1.84. The summed E-state index contributed by atoms with van der Waals surface area (Å²) in [6.07, 6.45) is -0.512. The molecule has 0 aliphatic heterocycles. The first-order valence-corrected chi connectivity index (χ1v) is 5.32. The van der Waals surface area contributed by atoms with Crippen LogP contribution < -0.4 is 0 Å². The Bertz CT molecular complexity index is 441. The predicted molar refractivity (Wildman–Crippen MR) is 56.0 cm³/mol. The number of benzene rings is 1. The lowest BCUT2D eigenvalue weighted by molar-refractivity contribution is -0.183. The van der Waals surface area contributed by atoms with Crippen molar-refractivity contribution in [2.75, 3.05) is 0 Å². The molecule has 1 saturated carbocycles. The van der Waals surface area contributed by atoms with Gasteiger partial charge in [0.15, 0.2) is 6.10 Å². The van der Waals surface area contributed by atoms with Crippen LogP contribution in [-0.4, -0.2) is 22.1 Å². The number of carbonyl (C=O) groups is 1. The van der Waals surface area contributed by atoms with E-state index >= 15 is 0 Å². The molecule has 5 heteroatoms. The fourth-order valence-electron chi connectivity index (χ4n) is 1.84. The van der Waals surface area contributed by atoms with Gasteiger partial charge in [-0.1, -0.05) is 24.3 Å².